The number of nitrogens with one attached hydrogen (secondary N) is 1. The number of benzene rings is 1. The smallest absolute Gasteiger partial charge is 0.284 e. The standard InChI is InChI=1S/C18H20N4O3S2/c1-12-16(17(23)21-27(2,24)25)20-18(26-12)22(11-14-4-3-5-14)15-8-6-13(10-19)7-9-15/h6-9,14H,3-5,11H2,1-2H3,(H,21,23). The summed E-state index contributed by atoms with van der Waals surface area (Å²) in [5, 5.41) is 9.64. The summed E-state index contributed by atoms with van der Waals surface area (Å²) in [6.07, 6.45) is 4.45. The second-order valence-electron chi connectivity index (χ2n) is 6.67. The Balaban J connectivity index is 1.93. The van der Waals surface area contributed by atoms with Crippen LogP contribution < -0.4 is 9.62 Å². The number of carbonyl (C=O) groups excluding carboxylic acids is 1. The van der Waals surface area contributed by atoms with Crippen molar-refractivity contribution in [1.29, 1.82) is 5.26 Å². The van der Waals surface area contributed by atoms with E-state index < -0.39 is 15.9 Å². The minimum absolute atomic E-state index is 0.118. The molecule has 0 radical (unpaired) electrons. The molecule has 0 unspecified atom stereocenters. The molecular formula is C18H20N4O3S2. The number of sulfonamides is 1. The van der Waals surface area contributed by atoms with Crippen molar-refractivity contribution in [2.45, 2.75) is 26.2 Å². The third-order valence-corrected chi connectivity index (χ3v) is 6.03. The van der Waals surface area contributed by atoms with Crippen molar-refractivity contribution < 1.29 is 13.2 Å². The fourth-order valence-electron chi connectivity index (χ4n) is 2.87. The lowest BCUT2D eigenvalue weighted by molar-refractivity contribution is 0.0977. The molecule has 0 bridgehead atoms. The summed E-state index contributed by atoms with van der Waals surface area (Å²) in [6.45, 7) is 2.52. The first-order chi connectivity index (χ1) is 12.8. The monoisotopic (exact) mass is 404 g/mol. The van der Waals surface area contributed by atoms with E-state index in [1.54, 1.807) is 19.1 Å². The summed E-state index contributed by atoms with van der Waals surface area (Å²) in [5.74, 6) is -0.168. The number of aryl methyl sites for hydroxylation is 1. The van der Waals surface area contributed by atoms with Gasteiger partial charge in [-0.2, -0.15) is 5.26 Å². The molecule has 1 aromatic carbocycles. The maximum absolute atomic E-state index is 12.2. The molecule has 1 heterocycles. The highest BCUT2D eigenvalue weighted by Crippen LogP contribution is 2.36. The third kappa shape index (κ3) is 4.64. The van der Waals surface area contributed by atoms with Crippen LogP contribution in [0.3, 0.4) is 0 Å². The zero-order valence-electron chi connectivity index (χ0n) is 15.1. The van der Waals surface area contributed by atoms with Gasteiger partial charge < -0.3 is 4.90 Å². The molecule has 142 valence electrons. The number of amides is 1. The van der Waals surface area contributed by atoms with Crippen molar-refractivity contribution in [2.75, 3.05) is 17.7 Å². The molecule has 0 atom stereocenters. The second-order valence-corrected chi connectivity index (χ2v) is 9.60. The van der Waals surface area contributed by atoms with Gasteiger partial charge in [0, 0.05) is 17.1 Å². The van der Waals surface area contributed by atoms with Gasteiger partial charge in [-0.15, -0.1) is 11.3 Å². The Morgan fingerprint density at radius 3 is 2.56 bits per heavy atom. The Labute approximate surface area is 162 Å². The second kappa shape index (κ2) is 7.66. The Hall–Kier alpha value is -2.44. The number of carbonyl (C=O) groups is 1. The SMILES string of the molecule is Cc1sc(N(CC2CCC2)c2ccc(C#N)cc2)nc1C(=O)NS(C)(=O)=O. The zero-order chi connectivity index (χ0) is 19.6. The molecule has 1 aliphatic rings. The molecule has 3 rings (SSSR count). The van der Waals surface area contributed by atoms with E-state index in [0.717, 1.165) is 31.3 Å². The van der Waals surface area contributed by atoms with Crippen molar-refractivity contribution >= 4 is 38.1 Å². The van der Waals surface area contributed by atoms with Crippen LogP contribution in [0.2, 0.25) is 0 Å². The van der Waals surface area contributed by atoms with Crippen LogP contribution in [0.1, 0.15) is 40.2 Å². The number of nitrogens with zero attached hydrogens (tertiary/aromatic N) is 3. The molecule has 1 N–H and O–H groups in total. The third-order valence-electron chi connectivity index (χ3n) is 4.48. The molecule has 1 fully saturated rings. The molecule has 0 saturated heterocycles. The normalized spacial score (nSPS) is 14.3. The molecule has 9 heteroatoms. The number of hydrogen-bond donors (Lipinski definition) is 1. The summed E-state index contributed by atoms with van der Waals surface area (Å²) in [7, 11) is -3.65. The summed E-state index contributed by atoms with van der Waals surface area (Å²) in [4.78, 5) is 19.3. The van der Waals surface area contributed by atoms with Crippen LogP contribution in [0.5, 0.6) is 0 Å². The highest BCUT2D eigenvalue weighted by molar-refractivity contribution is 7.89. The molecule has 0 spiro atoms. The first-order valence-corrected chi connectivity index (χ1v) is 11.2. The molecule has 1 saturated carbocycles. The molecule has 1 aromatic heterocycles. The predicted molar refractivity (Wildman–Crippen MR) is 105 cm³/mol. The van der Waals surface area contributed by atoms with Gasteiger partial charge in [0.1, 0.15) is 5.69 Å². The van der Waals surface area contributed by atoms with Crippen molar-refractivity contribution in [3.05, 3.63) is 40.4 Å². The van der Waals surface area contributed by atoms with Crippen LogP contribution in [-0.2, 0) is 10.0 Å². The van der Waals surface area contributed by atoms with Gasteiger partial charge in [-0.05, 0) is 49.9 Å². The minimum Gasteiger partial charge on any atom is -0.318 e. The van der Waals surface area contributed by atoms with Crippen molar-refractivity contribution in [3.8, 4) is 6.07 Å². The lowest BCUT2D eigenvalue weighted by atomic mass is 9.85. The van der Waals surface area contributed by atoms with Crippen LogP contribution >= 0.6 is 11.3 Å². The Morgan fingerprint density at radius 2 is 2.04 bits per heavy atom. The van der Waals surface area contributed by atoms with Crippen LogP contribution in [0.25, 0.3) is 0 Å². The van der Waals surface area contributed by atoms with Gasteiger partial charge in [0.15, 0.2) is 5.13 Å². The van der Waals surface area contributed by atoms with Gasteiger partial charge in [0.05, 0.1) is 17.9 Å². The Kier molecular flexibility index (Phi) is 5.48. The average Bonchev–Trinajstić information content (AvgIpc) is 2.94. The summed E-state index contributed by atoms with van der Waals surface area (Å²) < 4.78 is 24.7. The maximum Gasteiger partial charge on any atom is 0.284 e. The molecule has 27 heavy (non-hydrogen) atoms. The highest BCUT2D eigenvalue weighted by Gasteiger charge is 2.26. The molecule has 7 nitrogen and oxygen atoms in total. The van der Waals surface area contributed by atoms with E-state index in [0.29, 0.717) is 21.5 Å². The summed E-state index contributed by atoms with van der Waals surface area (Å²) >= 11 is 1.35. The van der Waals surface area contributed by atoms with E-state index in [4.69, 9.17) is 5.26 Å². The predicted octanol–water partition coefficient (Wildman–Crippen LogP) is 2.95. The van der Waals surface area contributed by atoms with E-state index in [1.165, 1.54) is 17.8 Å². The van der Waals surface area contributed by atoms with Crippen LogP contribution in [0.4, 0.5) is 10.8 Å². The Bertz CT molecular complexity index is 987. The fourth-order valence-corrected chi connectivity index (χ4v) is 4.24. The van der Waals surface area contributed by atoms with Gasteiger partial charge in [-0.25, -0.2) is 18.1 Å². The maximum atomic E-state index is 12.2. The Morgan fingerprint density at radius 1 is 1.37 bits per heavy atom. The van der Waals surface area contributed by atoms with E-state index in [2.05, 4.69) is 11.1 Å². The van der Waals surface area contributed by atoms with Crippen LogP contribution in [-0.4, -0.2) is 32.1 Å². The highest BCUT2D eigenvalue weighted by atomic mass is 32.2. The fraction of sp³-hybridized carbons (Fsp3) is 0.389. The average molecular weight is 405 g/mol. The number of rotatable bonds is 6. The van der Waals surface area contributed by atoms with E-state index in [9.17, 15) is 13.2 Å². The number of thiazole rings is 1. The van der Waals surface area contributed by atoms with Gasteiger partial charge in [-0.1, -0.05) is 6.42 Å². The number of aromatic nitrogens is 1. The van der Waals surface area contributed by atoms with Gasteiger partial charge in [-0.3, -0.25) is 4.79 Å². The zero-order valence-corrected chi connectivity index (χ0v) is 16.7. The van der Waals surface area contributed by atoms with Crippen LogP contribution in [0, 0.1) is 24.2 Å². The lowest BCUT2D eigenvalue weighted by Crippen LogP contribution is -2.31. The van der Waals surface area contributed by atoms with Crippen molar-refractivity contribution in [2.24, 2.45) is 5.92 Å². The topological polar surface area (TPSA) is 103 Å². The van der Waals surface area contributed by atoms with Gasteiger partial charge >= 0.3 is 0 Å². The van der Waals surface area contributed by atoms with Crippen molar-refractivity contribution in [3.63, 3.8) is 0 Å². The van der Waals surface area contributed by atoms with E-state index in [1.807, 2.05) is 21.8 Å². The lowest BCUT2D eigenvalue weighted by Gasteiger charge is -2.32. The van der Waals surface area contributed by atoms with Crippen LogP contribution in [0.15, 0.2) is 24.3 Å². The van der Waals surface area contributed by atoms with E-state index in [-0.39, 0.29) is 5.69 Å². The number of nitriles is 1. The summed E-state index contributed by atoms with van der Waals surface area (Å²) in [6, 6.07) is 9.34. The first-order valence-electron chi connectivity index (χ1n) is 8.54. The minimum atomic E-state index is -3.65. The molecular weight excluding hydrogens is 384 g/mol. The number of anilines is 2. The molecule has 2 aromatic rings. The van der Waals surface area contributed by atoms with Gasteiger partial charge in [0.2, 0.25) is 10.0 Å². The molecule has 1 aliphatic carbocycles. The quantitative estimate of drug-likeness (QED) is 0.794. The number of hydrogen-bond acceptors (Lipinski definition) is 7. The van der Waals surface area contributed by atoms with Gasteiger partial charge in [0.25, 0.3) is 5.91 Å². The van der Waals surface area contributed by atoms with Crippen molar-refractivity contribution in [1.82, 2.24) is 9.71 Å². The first kappa shape index (κ1) is 19.3. The largest absolute Gasteiger partial charge is 0.318 e. The summed E-state index contributed by atoms with van der Waals surface area (Å²) in [5.41, 5.74) is 1.59. The molecule has 0 aliphatic heterocycles. The van der Waals surface area contributed by atoms with E-state index >= 15 is 0 Å². The molecule has 1 amide bonds.